The van der Waals surface area contributed by atoms with Crippen LogP contribution in [-0.4, -0.2) is 17.7 Å². The number of thioether (sulfide) groups is 1. The van der Waals surface area contributed by atoms with Gasteiger partial charge < -0.3 is 10.1 Å². The smallest absolute Gasteiger partial charge is 0.264 e. The number of halogens is 1. The molecule has 0 aliphatic carbocycles. The molecule has 6 heteroatoms. The number of ether oxygens (including phenoxy) is 1. The van der Waals surface area contributed by atoms with E-state index in [1.165, 1.54) is 17.3 Å². The van der Waals surface area contributed by atoms with Crippen molar-refractivity contribution >= 4 is 50.5 Å². The Morgan fingerprint density at radius 3 is 2.73 bits per heavy atom. The van der Waals surface area contributed by atoms with E-state index in [1.807, 2.05) is 55.5 Å². The van der Waals surface area contributed by atoms with Crippen LogP contribution in [0.1, 0.15) is 24.5 Å². The van der Waals surface area contributed by atoms with E-state index in [-0.39, 0.29) is 5.91 Å². The van der Waals surface area contributed by atoms with Crippen LogP contribution in [0.3, 0.4) is 0 Å². The summed E-state index contributed by atoms with van der Waals surface area (Å²) in [5.74, 6) is 0.613. The lowest BCUT2D eigenvalue weighted by Crippen LogP contribution is -2.19. The van der Waals surface area contributed by atoms with Gasteiger partial charge in [-0.1, -0.05) is 40.5 Å². The molecular formula is C20H19BrN2O2S. The Bertz CT molecular complexity index is 876. The third kappa shape index (κ3) is 4.77. The maximum absolute atomic E-state index is 12.3. The zero-order chi connectivity index (χ0) is 18.5. The van der Waals surface area contributed by atoms with Gasteiger partial charge in [-0.3, -0.25) is 4.79 Å². The van der Waals surface area contributed by atoms with E-state index in [0.29, 0.717) is 16.7 Å². The molecule has 3 rings (SSSR count). The third-order valence-corrected chi connectivity index (χ3v) is 5.04. The molecule has 1 aliphatic heterocycles. The Hall–Kier alpha value is -2.05. The second-order valence-electron chi connectivity index (χ2n) is 5.85. The Morgan fingerprint density at radius 2 is 2.00 bits per heavy atom. The van der Waals surface area contributed by atoms with Gasteiger partial charge in [0.05, 0.1) is 17.2 Å². The normalized spacial score (nSPS) is 17.0. The van der Waals surface area contributed by atoms with Gasteiger partial charge >= 0.3 is 0 Å². The zero-order valence-corrected chi connectivity index (χ0v) is 17.0. The van der Waals surface area contributed by atoms with Gasteiger partial charge in [-0.2, -0.15) is 0 Å². The Kier molecular flexibility index (Phi) is 6.16. The molecule has 0 radical (unpaired) electrons. The van der Waals surface area contributed by atoms with Crippen LogP contribution in [0.25, 0.3) is 6.08 Å². The number of carbonyl (C=O) groups excluding carboxylic acids is 1. The lowest BCUT2D eigenvalue weighted by molar-refractivity contribution is -0.115. The predicted molar refractivity (Wildman–Crippen MR) is 112 cm³/mol. The molecule has 26 heavy (non-hydrogen) atoms. The van der Waals surface area contributed by atoms with Crippen LogP contribution in [-0.2, 0) is 4.79 Å². The summed E-state index contributed by atoms with van der Waals surface area (Å²) in [5, 5.41) is 3.40. The fourth-order valence-electron chi connectivity index (χ4n) is 2.33. The maximum Gasteiger partial charge on any atom is 0.264 e. The van der Waals surface area contributed by atoms with Crippen LogP contribution >= 0.6 is 27.7 Å². The lowest BCUT2D eigenvalue weighted by Gasteiger charge is -2.09. The summed E-state index contributed by atoms with van der Waals surface area (Å²) < 4.78 is 6.72. The van der Waals surface area contributed by atoms with Gasteiger partial charge in [0, 0.05) is 10.0 Å². The van der Waals surface area contributed by atoms with Crippen LogP contribution in [0.5, 0.6) is 5.75 Å². The second-order valence-corrected chi connectivity index (χ2v) is 7.79. The monoisotopic (exact) mass is 430 g/mol. The number of amidine groups is 1. The van der Waals surface area contributed by atoms with Crippen LogP contribution in [0.2, 0.25) is 0 Å². The molecular weight excluding hydrogens is 412 g/mol. The molecule has 0 bridgehead atoms. The number of benzene rings is 2. The van der Waals surface area contributed by atoms with Gasteiger partial charge in [-0.25, -0.2) is 4.99 Å². The van der Waals surface area contributed by atoms with Gasteiger partial charge in [-0.05, 0) is 61.5 Å². The zero-order valence-electron chi connectivity index (χ0n) is 14.6. The Balaban J connectivity index is 1.84. The largest absolute Gasteiger partial charge is 0.493 e. The number of amides is 1. The first-order valence-corrected chi connectivity index (χ1v) is 9.94. The highest BCUT2D eigenvalue weighted by atomic mass is 79.9. The maximum atomic E-state index is 12.3. The number of carbonyl (C=O) groups is 1. The molecule has 1 fully saturated rings. The molecule has 1 saturated heterocycles. The topological polar surface area (TPSA) is 50.7 Å². The van der Waals surface area contributed by atoms with Crippen LogP contribution in [0.15, 0.2) is 56.8 Å². The molecule has 0 atom stereocenters. The first kappa shape index (κ1) is 18.7. The molecule has 0 unspecified atom stereocenters. The van der Waals surface area contributed by atoms with Gasteiger partial charge in [0.2, 0.25) is 0 Å². The quantitative estimate of drug-likeness (QED) is 0.642. The van der Waals surface area contributed by atoms with E-state index in [4.69, 9.17) is 4.74 Å². The highest BCUT2D eigenvalue weighted by molar-refractivity contribution is 9.10. The number of aryl methyl sites for hydroxylation is 1. The number of nitrogens with zero attached hydrogens (tertiary/aromatic N) is 1. The Labute approximate surface area is 165 Å². The van der Waals surface area contributed by atoms with Crippen molar-refractivity contribution in [2.75, 3.05) is 6.61 Å². The van der Waals surface area contributed by atoms with E-state index in [0.717, 1.165) is 27.9 Å². The van der Waals surface area contributed by atoms with E-state index in [9.17, 15) is 4.79 Å². The number of nitrogens with one attached hydrogen (secondary N) is 1. The fraction of sp³-hybridized carbons (Fsp3) is 0.200. The molecule has 134 valence electrons. The number of aliphatic imine (C=N–C) groups is 1. The molecule has 1 heterocycles. The first-order valence-electron chi connectivity index (χ1n) is 8.34. The molecule has 2 aromatic rings. The predicted octanol–water partition coefficient (Wildman–Crippen LogP) is 5.44. The summed E-state index contributed by atoms with van der Waals surface area (Å²) in [7, 11) is 0. The van der Waals surface area contributed by atoms with Crippen molar-refractivity contribution in [1.82, 2.24) is 5.32 Å². The average molecular weight is 431 g/mol. The van der Waals surface area contributed by atoms with Crippen molar-refractivity contribution in [3.05, 3.63) is 63.0 Å². The van der Waals surface area contributed by atoms with Crippen molar-refractivity contribution in [2.45, 2.75) is 20.3 Å². The molecule has 4 nitrogen and oxygen atoms in total. The summed E-state index contributed by atoms with van der Waals surface area (Å²) in [5.41, 5.74) is 2.85. The van der Waals surface area contributed by atoms with Crippen LogP contribution in [0, 0.1) is 6.92 Å². The van der Waals surface area contributed by atoms with Crippen molar-refractivity contribution in [3.8, 4) is 5.75 Å². The van der Waals surface area contributed by atoms with Crippen LogP contribution < -0.4 is 10.1 Å². The average Bonchev–Trinajstić information content (AvgIpc) is 2.95. The van der Waals surface area contributed by atoms with Crippen molar-refractivity contribution < 1.29 is 9.53 Å². The number of rotatable bonds is 5. The van der Waals surface area contributed by atoms with Crippen molar-refractivity contribution in [3.63, 3.8) is 0 Å². The second kappa shape index (κ2) is 8.56. The van der Waals surface area contributed by atoms with E-state index < -0.39 is 0 Å². The molecule has 2 aromatic carbocycles. The number of hydrogen-bond acceptors (Lipinski definition) is 4. The van der Waals surface area contributed by atoms with E-state index >= 15 is 0 Å². The molecule has 1 amide bonds. The first-order chi connectivity index (χ1) is 12.5. The van der Waals surface area contributed by atoms with Crippen LogP contribution in [0.4, 0.5) is 5.69 Å². The van der Waals surface area contributed by atoms with Gasteiger partial charge in [-0.15, -0.1) is 0 Å². The third-order valence-electron chi connectivity index (χ3n) is 3.64. The summed E-state index contributed by atoms with van der Waals surface area (Å²) in [6.45, 7) is 4.72. The lowest BCUT2D eigenvalue weighted by atomic mass is 10.2. The molecule has 0 aromatic heterocycles. The van der Waals surface area contributed by atoms with E-state index in [1.54, 1.807) is 0 Å². The van der Waals surface area contributed by atoms with Gasteiger partial charge in [0.1, 0.15) is 5.75 Å². The van der Waals surface area contributed by atoms with Gasteiger partial charge in [0.25, 0.3) is 5.91 Å². The summed E-state index contributed by atoms with van der Waals surface area (Å²) in [4.78, 5) is 17.4. The van der Waals surface area contributed by atoms with Crippen molar-refractivity contribution in [1.29, 1.82) is 0 Å². The number of hydrogen-bond donors (Lipinski definition) is 1. The SMILES string of the molecule is CCCOc1ccc(Br)cc1/C=C1\SC(=Nc2ccc(C)cc2)NC1=O. The molecule has 1 aliphatic rings. The highest BCUT2D eigenvalue weighted by Crippen LogP contribution is 2.32. The Morgan fingerprint density at radius 1 is 1.23 bits per heavy atom. The molecule has 0 saturated carbocycles. The standard InChI is InChI=1S/C20H19BrN2O2S/c1-3-10-25-17-9-6-15(21)11-14(17)12-18-19(24)23-20(26-18)22-16-7-4-13(2)5-8-16/h4-9,11-12H,3,10H2,1-2H3,(H,22,23,24)/b18-12-. The molecule has 1 N–H and O–H groups in total. The fourth-order valence-corrected chi connectivity index (χ4v) is 3.55. The van der Waals surface area contributed by atoms with Gasteiger partial charge in [0.15, 0.2) is 5.17 Å². The summed E-state index contributed by atoms with van der Waals surface area (Å²) >= 11 is 4.81. The highest BCUT2D eigenvalue weighted by Gasteiger charge is 2.24. The summed E-state index contributed by atoms with van der Waals surface area (Å²) in [6.07, 6.45) is 2.77. The minimum atomic E-state index is -0.151. The minimum Gasteiger partial charge on any atom is -0.493 e. The molecule has 0 spiro atoms. The van der Waals surface area contributed by atoms with Crippen molar-refractivity contribution in [2.24, 2.45) is 4.99 Å². The van der Waals surface area contributed by atoms with E-state index in [2.05, 4.69) is 33.2 Å². The minimum absolute atomic E-state index is 0.151. The summed E-state index contributed by atoms with van der Waals surface area (Å²) in [6, 6.07) is 13.6.